The largest absolute Gasteiger partial charge is 0.447 e. The third-order valence-electron chi connectivity index (χ3n) is 3.71. The van der Waals surface area contributed by atoms with Crippen LogP contribution in [0.1, 0.15) is 18.9 Å². The highest BCUT2D eigenvalue weighted by Gasteiger charge is 2.41. The van der Waals surface area contributed by atoms with Crippen molar-refractivity contribution in [3.8, 4) is 0 Å². The van der Waals surface area contributed by atoms with Gasteiger partial charge >= 0.3 is 6.09 Å². The van der Waals surface area contributed by atoms with Crippen molar-refractivity contribution in [2.45, 2.75) is 25.8 Å². The Morgan fingerprint density at radius 2 is 2.05 bits per heavy atom. The number of imide groups is 1. The molecule has 0 N–H and O–H groups in total. The summed E-state index contributed by atoms with van der Waals surface area (Å²) >= 11 is 3.18. The third-order valence-corrected chi connectivity index (χ3v) is 4.10. The zero-order valence-corrected chi connectivity index (χ0v) is 13.9. The highest BCUT2D eigenvalue weighted by atomic mass is 79.9. The topological polar surface area (TPSA) is 63.7 Å². The molecule has 0 radical (unpaired) electrons. The quantitative estimate of drug-likeness (QED) is 0.572. The van der Waals surface area contributed by atoms with Crippen LogP contribution in [-0.2, 0) is 20.7 Å². The van der Waals surface area contributed by atoms with Crippen molar-refractivity contribution in [1.29, 1.82) is 0 Å². The molecule has 1 aromatic carbocycles. The lowest BCUT2D eigenvalue weighted by molar-refractivity contribution is -0.138. The molecule has 1 fully saturated rings. The predicted molar refractivity (Wildman–Crippen MR) is 84.7 cm³/mol. The fourth-order valence-corrected chi connectivity index (χ4v) is 2.81. The number of nitrogens with zero attached hydrogens (tertiary/aromatic N) is 1. The first-order valence-corrected chi connectivity index (χ1v) is 8.29. The Morgan fingerprint density at radius 1 is 1.36 bits per heavy atom. The summed E-state index contributed by atoms with van der Waals surface area (Å²) in [5.41, 5.74) is 1.02. The highest BCUT2D eigenvalue weighted by molar-refractivity contribution is 9.09. The van der Waals surface area contributed by atoms with Gasteiger partial charge in [0.1, 0.15) is 12.4 Å². The van der Waals surface area contributed by atoms with Crippen LogP contribution in [0.5, 0.6) is 0 Å². The lowest BCUT2D eigenvalue weighted by atomic mass is 10.0. The number of halogens is 1. The molecule has 0 bridgehead atoms. The Morgan fingerprint density at radius 3 is 2.68 bits per heavy atom. The number of rotatable bonds is 6. The van der Waals surface area contributed by atoms with Crippen molar-refractivity contribution in [2.75, 3.05) is 11.9 Å². The van der Waals surface area contributed by atoms with Gasteiger partial charge in [0, 0.05) is 11.8 Å². The van der Waals surface area contributed by atoms with Crippen LogP contribution in [-0.4, -0.2) is 40.7 Å². The van der Waals surface area contributed by atoms with Gasteiger partial charge in [-0.1, -0.05) is 46.3 Å². The molecule has 2 atom stereocenters. The standard InChI is InChI=1S/C16H18BrNO4/c1-11(14(19)7-8-17)15(20)18-13(10-22-16(18)21)9-12-5-3-2-4-6-12/h2-6,11,13H,7-10H2,1H3/t11-,13?/m0/s1. The van der Waals surface area contributed by atoms with Crippen LogP contribution in [0.3, 0.4) is 0 Å². The Bertz CT molecular complexity index is 561. The summed E-state index contributed by atoms with van der Waals surface area (Å²) in [6.07, 6.45) is 0.126. The molecule has 1 heterocycles. The average molecular weight is 368 g/mol. The number of hydrogen-bond donors (Lipinski definition) is 0. The third kappa shape index (κ3) is 3.74. The van der Waals surface area contributed by atoms with Gasteiger partial charge in [0.25, 0.3) is 0 Å². The number of ketones is 1. The van der Waals surface area contributed by atoms with Crippen molar-refractivity contribution >= 4 is 33.7 Å². The molecule has 0 aromatic heterocycles. The number of carbonyl (C=O) groups is 3. The molecule has 1 aliphatic heterocycles. The maximum Gasteiger partial charge on any atom is 0.417 e. The van der Waals surface area contributed by atoms with E-state index in [1.165, 1.54) is 0 Å². The monoisotopic (exact) mass is 367 g/mol. The number of hydrogen-bond acceptors (Lipinski definition) is 4. The van der Waals surface area contributed by atoms with Gasteiger partial charge in [0.15, 0.2) is 0 Å². The van der Waals surface area contributed by atoms with E-state index in [1.54, 1.807) is 6.92 Å². The second-order valence-corrected chi connectivity index (χ2v) is 6.05. The van der Waals surface area contributed by atoms with Gasteiger partial charge in [0.2, 0.25) is 5.91 Å². The summed E-state index contributed by atoms with van der Waals surface area (Å²) in [4.78, 5) is 37.3. The van der Waals surface area contributed by atoms with E-state index < -0.39 is 17.9 Å². The van der Waals surface area contributed by atoms with Gasteiger partial charge in [0.05, 0.1) is 12.0 Å². The maximum atomic E-state index is 12.5. The molecule has 1 saturated heterocycles. The number of Topliss-reactive ketones (excluding diaryl/α,β-unsaturated/α-hetero) is 1. The molecule has 2 amide bonds. The maximum absolute atomic E-state index is 12.5. The van der Waals surface area contributed by atoms with Crippen LogP contribution in [0.4, 0.5) is 4.79 Å². The minimum Gasteiger partial charge on any atom is -0.447 e. The predicted octanol–water partition coefficient (Wildman–Crippen LogP) is 2.57. The Kier molecular flexibility index (Phi) is 5.71. The molecule has 2 rings (SSSR count). The van der Waals surface area contributed by atoms with Crippen LogP contribution < -0.4 is 0 Å². The summed E-state index contributed by atoms with van der Waals surface area (Å²) < 4.78 is 5.01. The zero-order valence-electron chi connectivity index (χ0n) is 12.3. The lowest BCUT2D eigenvalue weighted by Crippen LogP contribution is -2.44. The molecule has 5 nitrogen and oxygen atoms in total. The first-order valence-electron chi connectivity index (χ1n) is 7.17. The van der Waals surface area contributed by atoms with E-state index in [4.69, 9.17) is 4.74 Å². The number of alkyl halides is 1. The van der Waals surface area contributed by atoms with Crippen LogP contribution in [0.15, 0.2) is 30.3 Å². The van der Waals surface area contributed by atoms with Crippen molar-refractivity contribution in [1.82, 2.24) is 4.90 Å². The number of carbonyl (C=O) groups excluding carboxylic acids is 3. The lowest BCUT2D eigenvalue weighted by Gasteiger charge is -2.22. The second-order valence-electron chi connectivity index (χ2n) is 5.26. The van der Waals surface area contributed by atoms with Crippen molar-refractivity contribution in [3.05, 3.63) is 35.9 Å². The summed E-state index contributed by atoms with van der Waals surface area (Å²) in [6.45, 7) is 1.71. The van der Waals surface area contributed by atoms with Crippen molar-refractivity contribution < 1.29 is 19.1 Å². The number of benzene rings is 1. The SMILES string of the molecule is C[C@@H](C(=O)CCBr)C(=O)N1C(=O)OCC1Cc1ccccc1. The summed E-state index contributed by atoms with van der Waals surface area (Å²) in [7, 11) is 0. The Labute approximate surface area is 137 Å². The van der Waals surface area contributed by atoms with E-state index >= 15 is 0 Å². The van der Waals surface area contributed by atoms with Crippen LogP contribution >= 0.6 is 15.9 Å². The first-order chi connectivity index (χ1) is 10.5. The molecule has 1 unspecified atom stereocenters. The summed E-state index contributed by atoms with van der Waals surface area (Å²) in [5, 5.41) is 0.501. The molecule has 22 heavy (non-hydrogen) atoms. The fourth-order valence-electron chi connectivity index (χ4n) is 2.42. The van der Waals surface area contributed by atoms with E-state index in [-0.39, 0.29) is 24.9 Å². The normalized spacial score (nSPS) is 18.9. The minimum atomic E-state index is -0.832. The fraction of sp³-hybridized carbons (Fsp3) is 0.438. The molecule has 0 aliphatic carbocycles. The second kappa shape index (κ2) is 7.54. The van der Waals surface area contributed by atoms with Gasteiger partial charge in [-0.3, -0.25) is 9.59 Å². The number of amides is 2. The van der Waals surface area contributed by atoms with E-state index in [9.17, 15) is 14.4 Å². The van der Waals surface area contributed by atoms with Gasteiger partial charge < -0.3 is 4.74 Å². The van der Waals surface area contributed by atoms with E-state index in [2.05, 4.69) is 15.9 Å². The summed E-state index contributed by atoms with van der Waals surface area (Å²) in [6, 6.07) is 9.23. The highest BCUT2D eigenvalue weighted by Crippen LogP contribution is 2.20. The van der Waals surface area contributed by atoms with Crippen LogP contribution in [0.25, 0.3) is 0 Å². The molecular formula is C16H18BrNO4. The van der Waals surface area contributed by atoms with Gasteiger partial charge in [-0.05, 0) is 18.9 Å². The zero-order chi connectivity index (χ0) is 16.1. The first kappa shape index (κ1) is 16.7. The molecule has 6 heteroatoms. The molecule has 1 aliphatic rings. The minimum absolute atomic E-state index is 0.165. The van der Waals surface area contributed by atoms with E-state index in [0.717, 1.165) is 10.5 Å². The van der Waals surface area contributed by atoms with Crippen LogP contribution in [0.2, 0.25) is 0 Å². The Hall–Kier alpha value is -1.69. The van der Waals surface area contributed by atoms with Crippen LogP contribution in [0, 0.1) is 5.92 Å². The van der Waals surface area contributed by atoms with Gasteiger partial charge in [-0.25, -0.2) is 9.69 Å². The van der Waals surface area contributed by atoms with Crippen molar-refractivity contribution in [2.24, 2.45) is 5.92 Å². The molecule has 0 spiro atoms. The van der Waals surface area contributed by atoms with E-state index in [1.807, 2.05) is 30.3 Å². The van der Waals surface area contributed by atoms with E-state index in [0.29, 0.717) is 11.8 Å². The van der Waals surface area contributed by atoms with Crippen molar-refractivity contribution in [3.63, 3.8) is 0 Å². The molecule has 1 aromatic rings. The molecular weight excluding hydrogens is 350 g/mol. The number of ether oxygens (including phenoxy) is 1. The van der Waals surface area contributed by atoms with Gasteiger partial charge in [-0.15, -0.1) is 0 Å². The smallest absolute Gasteiger partial charge is 0.417 e. The number of cyclic esters (lactones) is 1. The van der Waals surface area contributed by atoms with Gasteiger partial charge in [-0.2, -0.15) is 0 Å². The Balaban J connectivity index is 2.10. The average Bonchev–Trinajstić information content (AvgIpc) is 2.87. The molecule has 118 valence electrons. The summed E-state index contributed by atoms with van der Waals surface area (Å²) in [5.74, 6) is -1.49. The molecule has 0 saturated carbocycles.